The number of alkyl halides is 9. The second-order valence-electron chi connectivity index (χ2n) is 3.24. The van der Waals surface area contributed by atoms with Crippen LogP contribution in [0.1, 0.15) is 0 Å². The Balaban J connectivity index is 3.14. The predicted molar refractivity (Wildman–Crippen MR) is 40.3 cm³/mol. The molecule has 1 aliphatic rings. The van der Waals surface area contributed by atoms with Gasteiger partial charge in [-0.1, -0.05) is 11.6 Å². The minimum absolute atomic E-state index is 1.13. The molecule has 0 spiro atoms. The first-order valence-electron chi connectivity index (χ1n) is 4.05. The van der Waals surface area contributed by atoms with Gasteiger partial charge in [0.2, 0.25) is 0 Å². The Kier molecular flexibility index (Phi) is 3.54. The van der Waals surface area contributed by atoms with Crippen molar-refractivity contribution in [2.45, 2.75) is 30.1 Å². The van der Waals surface area contributed by atoms with Crippen LogP contribution in [0.5, 0.6) is 0 Å². The highest BCUT2D eigenvalue weighted by Gasteiger charge is 2.69. The molecule has 102 valence electrons. The molecule has 2 unspecified atom stereocenters. The summed E-state index contributed by atoms with van der Waals surface area (Å²) in [6.45, 7) is -5.37. The Morgan fingerprint density at radius 3 is 1.94 bits per heavy atom. The van der Waals surface area contributed by atoms with Gasteiger partial charge < -0.3 is 0 Å². The zero-order chi connectivity index (χ0) is 13.6. The van der Waals surface area contributed by atoms with E-state index in [0.717, 1.165) is 0 Å². The molecule has 0 aromatic carbocycles. The molecule has 1 rings (SSSR count). The van der Waals surface area contributed by atoms with Crippen LogP contribution < -0.4 is 5.32 Å². The maximum absolute atomic E-state index is 12.4. The van der Waals surface area contributed by atoms with E-state index >= 15 is 0 Å². The highest BCUT2D eigenvalue weighted by Crippen LogP contribution is 2.45. The van der Waals surface area contributed by atoms with Crippen LogP contribution in [0, 0.1) is 0 Å². The quantitative estimate of drug-likeness (QED) is 0.454. The van der Waals surface area contributed by atoms with E-state index in [1.807, 2.05) is 0 Å². The maximum Gasteiger partial charge on any atom is 0.435 e. The van der Waals surface area contributed by atoms with Gasteiger partial charge in [0.15, 0.2) is 0 Å². The lowest BCUT2D eigenvalue weighted by Gasteiger charge is -2.36. The van der Waals surface area contributed by atoms with Crippen molar-refractivity contribution < 1.29 is 35.1 Å². The molecule has 2 atom stereocenters. The van der Waals surface area contributed by atoms with Gasteiger partial charge in [0.05, 0.1) is 0 Å². The van der Waals surface area contributed by atoms with Crippen molar-refractivity contribution in [3.05, 3.63) is 0 Å². The first-order valence-corrected chi connectivity index (χ1v) is 4.43. The molecule has 0 aromatic rings. The van der Waals surface area contributed by atoms with Crippen molar-refractivity contribution in [1.82, 2.24) is 10.2 Å². The van der Waals surface area contributed by atoms with E-state index in [0.29, 0.717) is 0 Å². The smallest absolute Gasteiger partial charge is 0.277 e. The number of rotatable bonds is 1. The van der Waals surface area contributed by atoms with Crippen LogP contribution in [0.2, 0.25) is 0 Å². The lowest BCUT2D eigenvalue weighted by atomic mass is 10.3. The summed E-state index contributed by atoms with van der Waals surface area (Å²) >= 11 is 4.82. The fraction of sp³-hybridized carbons (Fsp3) is 1.00. The Morgan fingerprint density at radius 2 is 1.65 bits per heavy atom. The van der Waals surface area contributed by atoms with Crippen molar-refractivity contribution in [1.29, 1.82) is 0 Å². The first-order chi connectivity index (χ1) is 7.41. The largest absolute Gasteiger partial charge is 0.435 e. The minimum atomic E-state index is -5.48. The van der Waals surface area contributed by atoms with Gasteiger partial charge in [-0.05, 0) is 0 Å². The molecule has 11 heteroatoms. The van der Waals surface area contributed by atoms with Crippen LogP contribution in [0.25, 0.3) is 0 Å². The summed E-state index contributed by atoms with van der Waals surface area (Å²) in [5.41, 5.74) is 0. The van der Waals surface area contributed by atoms with E-state index in [4.69, 9.17) is 11.6 Å². The Morgan fingerprint density at radius 1 is 1.18 bits per heavy atom. The molecule has 0 aliphatic carbocycles. The molecule has 0 bridgehead atoms. The van der Waals surface area contributed by atoms with E-state index in [1.165, 1.54) is 5.32 Å². The van der Waals surface area contributed by atoms with Gasteiger partial charge in [-0.2, -0.15) is 40.0 Å². The monoisotopic (exact) mass is 292 g/mol. The number of nitrogens with zero attached hydrogens (tertiary/aromatic N) is 1. The SMILES string of the molecule is FC(F)N1C(C(F)(F)F)CNC1(Cl)C(F)(F)F. The van der Waals surface area contributed by atoms with Crippen molar-refractivity contribution in [2.24, 2.45) is 0 Å². The normalized spacial score (nSPS) is 32.5. The molecule has 2 nitrogen and oxygen atoms in total. The summed E-state index contributed by atoms with van der Waals surface area (Å²) in [5.74, 6) is 0. The number of halogens is 9. The van der Waals surface area contributed by atoms with E-state index in [-0.39, 0.29) is 0 Å². The Bertz CT molecular complexity index is 289. The molecule has 0 radical (unpaired) electrons. The zero-order valence-corrected chi connectivity index (χ0v) is 8.47. The van der Waals surface area contributed by atoms with E-state index < -0.39 is 41.5 Å². The highest BCUT2D eigenvalue weighted by atomic mass is 35.5. The van der Waals surface area contributed by atoms with Gasteiger partial charge in [-0.3, -0.25) is 5.32 Å². The second kappa shape index (κ2) is 4.09. The highest BCUT2D eigenvalue weighted by molar-refractivity contribution is 6.24. The fourth-order valence-corrected chi connectivity index (χ4v) is 1.70. The lowest BCUT2D eigenvalue weighted by Crippen LogP contribution is -2.61. The summed E-state index contributed by atoms with van der Waals surface area (Å²) in [6, 6.07) is -3.00. The van der Waals surface area contributed by atoms with Crippen LogP contribution in [0.15, 0.2) is 0 Å². The van der Waals surface area contributed by atoms with Gasteiger partial charge in [-0.15, -0.1) is 0 Å². The maximum atomic E-state index is 12.4. The van der Waals surface area contributed by atoms with Crippen molar-refractivity contribution in [3.8, 4) is 0 Å². The summed E-state index contributed by atoms with van der Waals surface area (Å²) < 4.78 is 98.6. The second-order valence-corrected chi connectivity index (χ2v) is 3.79. The summed E-state index contributed by atoms with van der Waals surface area (Å²) in [7, 11) is 0. The van der Waals surface area contributed by atoms with Crippen LogP contribution in [-0.2, 0) is 0 Å². The van der Waals surface area contributed by atoms with Crippen molar-refractivity contribution in [2.75, 3.05) is 6.54 Å². The van der Waals surface area contributed by atoms with Gasteiger partial charge in [0.1, 0.15) is 6.04 Å². The van der Waals surface area contributed by atoms with E-state index in [2.05, 4.69) is 0 Å². The Hall–Kier alpha value is -0.350. The number of hydrogen-bond acceptors (Lipinski definition) is 2. The average molecular weight is 293 g/mol. The summed E-state index contributed by atoms with van der Waals surface area (Å²) in [4.78, 5) is -1.13. The summed E-state index contributed by atoms with van der Waals surface area (Å²) in [6.07, 6.45) is -10.7. The zero-order valence-electron chi connectivity index (χ0n) is 7.71. The molecule has 1 aliphatic heterocycles. The molecule has 0 amide bonds. The lowest BCUT2D eigenvalue weighted by molar-refractivity contribution is -0.261. The molecule has 0 saturated carbocycles. The first kappa shape index (κ1) is 14.7. The molecule has 1 saturated heterocycles. The fourth-order valence-electron chi connectivity index (χ4n) is 1.43. The van der Waals surface area contributed by atoms with Crippen LogP contribution in [0.4, 0.5) is 35.1 Å². The number of nitrogens with one attached hydrogen (secondary N) is 1. The van der Waals surface area contributed by atoms with E-state index in [9.17, 15) is 35.1 Å². The third-order valence-corrected chi connectivity index (χ3v) is 2.73. The standard InChI is InChI=1S/C6H5ClF8N2/c7-5(6(13,14)15)16-1-2(4(10,11)12)17(5)3(8)9/h2-3,16H,1H2. The topological polar surface area (TPSA) is 15.3 Å². The average Bonchev–Trinajstić information content (AvgIpc) is 2.41. The molecule has 1 N–H and O–H groups in total. The minimum Gasteiger partial charge on any atom is -0.277 e. The molecular weight excluding hydrogens is 288 g/mol. The third kappa shape index (κ3) is 2.43. The van der Waals surface area contributed by atoms with Gasteiger partial charge in [-0.25, -0.2) is 0 Å². The molecule has 1 heterocycles. The molecule has 17 heavy (non-hydrogen) atoms. The van der Waals surface area contributed by atoms with E-state index in [1.54, 1.807) is 0 Å². The Labute approximate surface area is 94.5 Å². The summed E-state index contributed by atoms with van der Waals surface area (Å²) in [5, 5.41) is -2.69. The van der Waals surface area contributed by atoms with Crippen LogP contribution in [0.3, 0.4) is 0 Å². The van der Waals surface area contributed by atoms with Crippen molar-refractivity contribution >= 4 is 11.6 Å². The predicted octanol–water partition coefficient (Wildman–Crippen LogP) is 2.50. The third-order valence-electron chi connectivity index (χ3n) is 2.19. The van der Waals surface area contributed by atoms with Crippen LogP contribution in [-0.4, -0.2) is 41.5 Å². The molecule has 1 fully saturated rings. The van der Waals surface area contributed by atoms with Gasteiger partial charge in [0, 0.05) is 6.54 Å². The number of hydrogen-bond donors (Lipinski definition) is 1. The molecular formula is C6H5ClF8N2. The van der Waals surface area contributed by atoms with Crippen molar-refractivity contribution in [3.63, 3.8) is 0 Å². The van der Waals surface area contributed by atoms with Gasteiger partial charge >= 0.3 is 12.4 Å². The molecule has 0 aromatic heterocycles. The van der Waals surface area contributed by atoms with Crippen LogP contribution >= 0.6 is 11.6 Å². The van der Waals surface area contributed by atoms with Gasteiger partial charge in [0.25, 0.3) is 11.7 Å².